The summed E-state index contributed by atoms with van der Waals surface area (Å²) in [5.74, 6) is -0.428. The number of rotatable bonds is 5. The molecule has 1 atom stereocenters. The zero-order chi connectivity index (χ0) is 14.8. The summed E-state index contributed by atoms with van der Waals surface area (Å²) < 4.78 is 28.0. The summed E-state index contributed by atoms with van der Waals surface area (Å²) in [6.45, 7) is 7.21. The highest BCUT2D eigenvalue weighted by atomic mass is 32.2. The van der Waals surface area contributed by atoms with Crippen molar-refractivity contribution in [1.82, 2.24) is 10.2 Å². The van der Waals surface area contributed by atoms with Gasteiger partial charge >= 0.3 is 5.97 Å². The van der Waals surface area contributed by atoms with E-state index in [4.69, 9.17) is 9.88 Å². The van der Waals surface area contributed by atoms with Crippen LogP contribution in [0.25, 0.3) is 0 Å². The molecular formula is C11H19N3O4S. The van der Waals surface area contributed by atoms with Crippen LogP contribution in [0, 0.1) is 12.8 Å². The number of carbonyl (C=O) groups is 1. The Kier molecular flexibility index (Phi) is 4.70. The van der Waals surface area contributed by atoms with Crippen molar-refractivity contribution in [2.75, 3.05) is 0 Å². The normalized spacial score (nSPS) is 13.6. The molecule has 0 spiro atoms. The SMILES string of the molecule is Cc1[nH]nc(C(=O)OC(C)CC(C)C)c1S(N)(=O)=O. The first kappa shape index (κ1) is 15.6. The third kappa shape index (κ3) is 4.03. The summed E-state index contributed by atoms with van der Waals surface area (Å²) in [7, 11) is -4.02. The van der Waals surface area contributed by atoms with E-state index in [0.29, 0.717) is 12.3 Å². The molecule has 108 valence electrons. The van der Waals surface area contributed by atoms with Gasteiger partial charge in [-0.1, -0.05) is 13.8 Å². The third-order valence-electron chi connectivity index (χ3n) is 2.48. The molecule has 0 aliphatic carbocycles. The summed E-state index contributed by atoms with van der Waals surface area (Å²) in [4.78, 5) is 11.6. The van der Waals surface area contributed by atoms with Crippen molar-refractivity contribution in [1.29, 1.82) is 0 Å². The fourth-order valence-electron chi connectivity index (χ4n) is 1.86. The number of primary sulfonamides is 1. The van der Waals surface area contributed by atoms with E-state index in [1.807, 2.05) is 13.8 Å². The standard InChI is InChI=1S/C11H19N3O4S/c1-6(2)5-7(3)18-11(15)9-10(19(12,16)17)8(4)13-14-9/h6-7H,5H2,1-4H3,(H,13,14)(H2,12,16,17). The van der Waals surface area contributed by atoms with E-state index in [2.05, 4.69) is 10.2 Å². The first-order valence-electron chi connectivity index (χ1n) is 5.91. The predicted molar refractivity (Wildman–Crippen MR) is 69.0 cm³/mol. The van der Waals surface area contributed by atoms with Gasteiger partial charge in [0.2, 0.25) is 10.0 Å². The summed E-state index contributed by atoms with van der Waals surface area (Å²) in [6.07, 6.45) is 0.359. The number of carbonyl (C=O) groups excluding carboxylic acids is 1. The Bertz CT molecular complexity index is 562. The molecular weight excluding hydrogens is 270 g/mol. The minimum atomic E-state index is -4.02. The molecule has 1 rings (SSSR count). The number of esters is 1. The van der Waals surface area contributed by atoms with Crippen LogP contribution in [-0.2, 0) is 14.8 Å². The van der Waals surface area contributed by atoms with Gasteiger partial charge in [0.15, 0.2) is 5.69 Å². The number of aromatic amines is 1. The number of hydrogen-bond donors (Lipinski definition) is 2. The summed E-state index contributed by atoms with van der Waals surface area (Å²) in [6, 6.07) is 0. The molecule has 0 radical (unpaired) electrons. The monoisotopic (exact) mass is 289 g/mol. The largest absolute Gasteiger partial charge is 0.458 e. The summed E-state index contributed by atoms with van der Waals surface area (Å²) in [5.41, 5.74) is -0.0819. The molecule has 0 aliphatic rings. The van der Waals surface area contributed by atoms with Crippen LogP contribution in [0.3, 0.4) is 0 Å². The molecule has 1 heterocycles. The quantitative estimate of drug-likeness (QED) is 0.783. The van der Waals surface area contributed by atoms with Gasteiger partial charge in [-0.05, 0) is 26.2 Å². The maximum Gasteiger partial charge on any atom is 0.360 e. The topological polar surface area (TPSA) is 115 Å². The van der Waals surface area contributed by atoms with Crippen molar-refractivity contribution < 1.29 is 17.9 Å². The van der Waals surface area contributed by atoms with E-state index in [1.165, 1.54) is 6.92 Å². The number of H-pyrrole nitrogens is 1. The number of hydrogen-bond acceptors (Lipinski definition) is 5. The van der Waals surface area contributed by atoms with Crippen LogP contribution in [0.1, 0.15) is 43.4 Å². The van der Waals surface area contributed by atoms with E-state index in [1.54, 1.807) is 6.92 Å². The fourth-order valence-corrected chi connectivity index (χ4v) is 2.73. The van der Waals surface area contributed by atoms with Crippen molar-refractivity contribution in [3.05, 3.63) is 11.4 Å². The lowest BCUT2D eigenvalue weighted by Gasteiger charge is -2.14. The number of nitrogens with zero attached hydrogens (tertiary/aromatic N) is 1. The van der Waals surface area contributed by atoms with Crippen LogP contribution in [0.2, 0.25) is 0 Å². The van der Waals surface area contributed by atoms with Crippen LogP contribution >= 0.6 is 0 Å². The Labute approximate surface area is 112 Å². The molecule has 0 bridgehead atoms. The molecule has 3 N–H and O–H groups in total. The molecule has 1 unspecified atom stereocenters. The minimum Gasteiger partial charge on any atom is -0.458 e. The maximum absolute atomic E-state index is 11.9. The summed E-state index contributed by atoms with van der Waals surface area (Å²) >= 11 is 0. The van der Waals surface area contributed by atoms with Crippen molar-refractivity contribution in [3.8, 4) is 0 Å². The first-order valence-corrected chi connectivity index (χ1v) is 7.46. The predicted octanol–water partition coefficient (Wildman–Crippen LogP) is 0.957. The molecule has 19 heavy (non-hydrogen) atoms. The molecule has 0 saturated heterocycles. The van der Waals surface area contributed by atoms with Crippen molar-refractivity contribution >= 4 is 16.0 Å². The molecule has 1 aromatic heterocycles. The van der Waals surface area contributed by atoms with Crippen LogP contribution in [-0.4, -0.2) is 30.7 Å². The Morgan fingerprint density at radius 2 is 2.00 bits per heavy atom. The van der Waals surface area contributed by atoms with Crippen LogP contribution in [0.15, 0.2) is 4.90 Å². The number of aromatic nitrogens is 2. The van der Waals surface area contributed by atoms with Gasteiger partial charge < -0.3 is 4.74 Å². The fraction of sp³-hybridized carbons (Fsp3) is 0.636. The van der Waals surface area contributed by atoms with E-state index in [9.17, 15) is 13.2 Å². The van der Waals surface area contributed by atoms with Gasteiger partial charge in [0, 0.05) is 0 Å². The molecule has 7 nitrogen and oxygen atoms in total. The smallest absolute Gasteiger partial charge is 0.360 e. The van der Waals surface area contributed by atoms with Crippen LogP contribution in [0.4, 0.5) is 0 Å². The van der Waals surface area contributed by atoms with E-state index in [0.717, 1.165) is 0 Å². The molecule has 0 aromatic carbocycles. The van der Waals surface area contributed by atoms with Crippen molar-refractivity contribution in [2.24, 2.45) is 11.1 Å². The first-order chi connectivity index (χ1) is 8.62. The maximum atomic E-state index is 11.9. The number of nitrogens with two attached hydrogens (primary N) is 1. The highest BCUT2D eigenvalue weighted by Crippen LogP contribution is 2.18. The van der Waals surface area contributed by atoms with Crippen LogP contribution in [0.5, 0.6) is 0 Å². The Balaban J connectivity index is 2.96. The highest BCUT2D eigenvalue weighted by Gasteiger charge is 2.27. The molecule has 0 aliphatic heterocycles. The summed E-state index contributed by atoms with van der Waals surface area (Å²) in [5, 5.41) is 11.1. The second-order valence-electron chi connectivity index (χ2n) is 4.92. The van der Waals surface area contributed by atoms with Gasteiger partial charge in [0.05, 0.1) is 11.8 Å². The molecule has 0 saturated carbocycles. The van der Waals surface area contributed by atoms with Gasteiger partial charge in [0.1, 0.15) is 4.90 Å². The Hall–Kier alpha value is -1.41. The third-order valence-corrected chi connectivity index (χ3v) is 3.55. The molecule has 8 heteroatoms. The van der Waals surface area contributed by atoms with Gasteiger partial charge in [0.25, 0.3) is 0 Å². The van der Waals surface area contributed by atoms with Gasteiger partial charge in [-0.25, -0.2) is 18.4 Å². The second kappa shape index (κ2) is 5.70. The average molecular weight is 289 g/mol. The highest BCUT2D eigenvalue weighted by molar-refractivity contribution is 7.89. The molecule has 1 aromatic rings. The van der Waals surface area contributed by atoms with E-state index < -0.39 is 16.0 Å². The minimum absolute atomic E-state index is 0.214. The lowest BCUT2D eigenvalue weighted by atomic mass is 10.1. The number of sulfonamides is 1. The molecule has 0 fully saturated rings. The zero-order valence-electron chi connectivity index (χ0n) is 11.4. The van der Waals surface area contributed by atoms with Gasteiger partial charge in [-0.15, -0.1) is 0 Å². The van der Waals surface area contributed by atoms with E-state index >= 15 is 0 Å². The number of ether oxygens (including phenoxy) is 1. The zero-order valence-corrected chi connectivity index (χ0v) is 12.2. The Morgan fingerprint density at radius 3 is 2.47 bits per heavy atom. The lowest BCUT2D eigenvalue weighted by molar-refractivity contribution is 0.0288. The number of nitrogens with one attached hydrogen (secondary N) is 1. The van der Waals surface area contributed by atoms with Gasteiger partial charge in [-0.3, -0.25) is 5.10 Å². The van der Waals surface area contributed by atoms with Crippen molar-refractivity contribution in [2.45, 2.75) is 45.1 Å². The van der Waals surface area contributed by atoms with Crippen LogP contribution < -0.4 is 5.14 Å². The van der Waals surface area contributed by atoms with E-state index in [-0.39, 0.29) is 22.4 Å². The second-order valence-corrected chi connectivity index (χ2v) is 6.42. The Morgan fingerprint density at radius 1 is 1.42 bits per heavy atom. The van der Waals surface area contributed by atoms with Gasteiger partial charge in [-0.2, -0.15) is 5.10 Å². The average Bonchev–Trinajstić information content (AvgIpc) is 2.57. The number of aryl methyl sites for hydroxylation is 1. The lowest BCUT2D eigenvalue weighted by Crippen LogP contribution is -2.21. The molecule has 0 amide bonds. The van der Waals surface area contributed by atoms with Crippen molar-refractivity contribution in [3.63, 3.8) is 0 Å².